The summed E-state index contributed by atoms with van der Waals surface area (Å²) >= 11 is 0. The van der Waals surface area contributed by atoms with Gasteiger partial charge in [0, 0.05) is 17.9 Å². The highest BCUT2D eigenvalue weighted by Gasteiger charge is 2.10. The van der Waals surface area contributed by atoms with E-state index >= 15 is 0 Å². The van der Waals surface area contributed by atoms with E-state index in [1.54, 1.807) is 31.2 Å². The second-order valence-corrected chi connectivity index (χ2v) is 3.70. The van der Waals surface area contributed by atoms with Crippen molar-refractivity contribution in [1.82, 2.24) is 0 Å². The van der Waals surface area contributed by atoms with Crippen molar-refractivity contribution in [3.8, 4) is 5.75 Å². The van der Waals surface area contributed by atoms with E-state index in [0.29, 0.717) is 12.2 Å². The van der Waals surface area contributed by atoms with Crippen LogP contribution in [-0.2, 0) is 4.79 Å². The first-order valence-electron chi connectivity index (χ1n) is 5.38. The lowest BCUT2D eigenvalue weighted by atomic mass is 10.0. The quantitative estimate of drug-likeness (QED) is 0.546. The van der Waals surface area contributed by atoms with Gasteiger partial charge in [-0.25, -0.2) is 0 Å². The minimum atomic E-state index is -0.223. The summed E-state index contributed by atoms with van der Waals surface area (Å²) in [4.78, 5) is 22.1. The van der Waals surface area contributed by atoms with E-state index in [4.69, 9.17) is 4.74 Å². The molecular formula is C13H16O3. The van der Waals surface area contributed by atoms with E-state index in [2.05, 4.69) is 0 Å². The largest absolute Gasteiger partial charge is 0.494 e. The lowest BCUT2D eigenvalue weighted by Crippen LogP contribution is -2.06. The van der Waals surface area contributed by atoms with Crippen molar-refractivity contribution in [3.05, 3.63) is 29.8 Å². The topological polar surface area (TPSA) is 43.4 Å². The first kappa shape index (κ1) is 12.4. The summed E-state index contributed by atoms with van der Waals surface area (Å²) in [7, 11) is 0. The number of benzene rings is 1. The number of carbonyl (C=O) groups excluding carboxylic acids is 2. The lowest BCUT2D eigenvalue weighted by Gasteiger charge is -2.05. The molecule has 0 unspecified atom stereocenters. The van der Waals surface area contributed by atoms with Crippen molar-refractivity contribution >= 4 is 12.1 Å². The normalized spacial score (nSPS) is 11.9. The van der Waals surface area contributed by atoms with Crippen LogP contribution in [0.4, 0.5) is 0 Å². The van der Waals surface area contributed by atoms with Gasteiger partial charge in [-0.1, -0.05) is 6.92 Å². The van der Waals surface area contributed by atoms with Crippen molar-refractivity contribution in [2.75, 3.05) is 6.61 Å². The van der Waals surface area contributed by atoms with E-state index in [-0.39, 0.29) is 18.1 Å². The standard InChI is InChI=1S/C13H16O3/c1-3-16-12-6-4-11(5-7-12)13(15)8-10(2)9-14/h4-7,9-10H,3,8H2,1-2H3/t10-/m1/s1. The van der Waals surface area contributed by atoms with Crippen LogP contribution in [0, 0.1) is 5.92 Å². The summed E-state index contributed by atoms with van der Waals surface area (Å²) in [6, 6.07) is 6.99. The van der Waals surface area contributed by atoms with Crippen LogP contribution in [0.25, 0.3) is 0 Å². The number of hydrogen-bond donors (Lipinski definition) is 0. The molecule has 0 aromatic heterocycles. The van der Waals surface area contributed by atoms with Gasteiger partial charge in [-0.15, -0.1) is 0 Å². The maximum atomic E-state index is 11.7. The smallest absolute Gasteiger partial charge is 0.163 e. The van der Waals surface area contributed by atoms with Crippen molar-refractivity contribution < 1.29 is 14.3 Å². The molecule has 1 aromatic carbocycles. The zero-order chi connectivity index (χ0) is 12.0. The van der Waals surface area contributed by atoms with Gasteiger partial charge in [-0.2, -0.15) is 0 Å². The van der Waals surface area contributed by atoms with Gasteiger partial charge in [-0.05, 0) is 31.2 Å². The van der Waals surface area contributed by atoms with Gasteiger partial charge >= 0.3 is 0 Å². The van der Waals surface area contributed by atoms with Gasteiger partial charge in [-0.3, -0.25) is 4.79 Å². The van der Waals surface area contributed by atoms with E-state index in [1.165, 1.54) is 0 Å². The number of carbonyl (C=O) groups is 2. The number of ether oxygens (including phenoxy) is 1. The second-order valence-electron chi connectivity index (χ2n) is 3.70. The lowest BCUT2D eigenvalue weighted by molar-refractivity contribution is -0.110. The number of hydrogen-bond acceptors (Lipinski definition) is 3. The number of ketones is 1. The summed E-state index contributed by atoms with van der Waals surface area (Å²) in [6.07, 6.45) is 1.06. The molecule has 86 valence electrons. The first-order valence-corrected chi connectivity index (χ1v) is 5.38. The Morgan fingerprint density at radius 1 is 1.38 bits per heavy atom. The maximum absolute atomic E-state index is 11.7. The maximum Gasteiger partial charge on any atom is 0.163 e. The SMILES string of the molecule is CCOc1ccc(C(=O)C[C@@H](C)C=O)cc1. The van der Waals surface area contributed by atoms with Crippen LogP contribution < -0.4 is 4.74 Å². The third-order valence-corrected chi connectivity index (χ3v) is 2.23. The number of rotatable bonds is 6. The van der Waals surface area contributed by atoms with E-state index in [9.17, 15) is 9.59 Å². The molecule has 1 aromatic rings. The summed E-state index contributed by atoms with van der Waals surface area (Å²) in [5.41, 5.74) is 0.622. The highest BCUT2D eigenvalue weighted by atomic mass is 16.5. The van der Waals surface area contributed by atoms with Crippen LogP contribution in [0.15, 0.2) is 24.3 Å². The van der Waals surface area contributed by atoms with Crippen LogP contribution in [0.1, 0.15) is 30.6 Å². The average Bonchev–Trinajstić information content (AvgIpc) is 2.30. The summed E-state index contributed by atoms with van der Waals surface area (Å²) in [6.45, 7) is 4.25. The van der Waals surface area contributed by atoms with Crippen molar-refractivity contribution in [2.24, 2.45) is 5.92 Å². The number of aldehydes is 1. The molecule has 3 heteroatoms. The Morgan fingerprint density at radius 2 is 2.00 bits per heavy atom. The van der Waals surface area contributed by atoms with E-state index < -0.39 is 0 Å². The Balaban J connectivity index is 2.66. The third kappa shape index (κ3) is 3.50. The van der Waals surface area contributed by atoms with Crippen molar-refractivity contribution in [3.63, 3.8) is 0 Å². The van der Waals surface area contributed by atoms with Crippen LogP contribution >= 0.6 is 0 Å². The predicted molar refractivity (Wildman–Crippen MR) is 61.8 cm³/mol. The monoisotopic (exact) mass is 220 g/mol. The third-order valence-electron chi connectivity index (χ3n) is 2.23. The second kappa shape index (κ2) is 6.05. The molecular weight excluding hydrogens is 204 g/mol. The van der Waals surface area contributed by atoms with Gasteiger partial charge in [0.1, 0.15) is 12.0 Å². The van der Waals surface area contributed by atoms with Crippen LogP contribution in [0.2, 0.25) is 0 Å². The molecule has 0 aliphatic heterocycles. The van der Waals surface area contributed by atoms with E-state index in [0.717, 1.165) is 12.0 Å². The fraction of sp³-hybridized carbons (Fsp3) is 0.385. The summed E-state index contributed by atoms with van der Waals surface area (Å²) in [5, 5.41) is 0. The fourth-order valence-electron chi connectivity index (χ4n) is 1.36. The Labute approximate surface area is 95.4 Å². The molecule has 0 spiro atoms. The fourth-order valence-corrected chi connectivity index (χ4v) is 1.36. The van der Waals surface area contributed by atoms with E-state index in [1.807, 2.05) is 6.92 Å². The van der Waals surface area contributed by atoms with Gasteiger partial charge in [0.05, 0.1) is 6.61 Å². The van der Waals surface area contributed by atoms with Crippen molar-refractivity contribution in [2.45, 2.75) is 20.3 Å². The Morgan fingerprint density at radius 3 is 2.50 bits per heavy atom. The minimum absolute atomic E-state index is 0.0114. The number of Topliss-reactive ketones (excluding diaryl/α,β-unsaturated/α-hetero) is 1. The molecule has 16 heavy (non-hydrogen) atoms. The zero-order valence-corrected chi connectivity index (χ0v) is 9.60. The summed E-state index contributed by atoms with van der Waals surface area (Å²) < 4.78 is 5.28. The van der Waals surface area contributed by atoms with Crippen molar-refractivity contribution in [1.29, 1.82) is 0 Å². The molecule has 0 radical (unpaired) electrons. The van der Waals surface area contributed by atoms with Crippen LogP contribution in [0.3, 0.4) is 0 Å². The molecule has 0 heterocycles. The molecule has 0 amide bonds. The Bertz CT molecular complexity index is 354. The zero-order valence-electron chi connectivity index (χ0n) is 9.60. The molecule has 1 rings (SSSR count). The molecule has 0 aliphatic rings. The molecule has 0 saturated heterocycles. The van der Waals surface area contributed by atoms with Gasteiger partial charge in [0.15, 0.2) is 5.78 Å². The minimum Gasteiger partial charge on any atom is -0.494 e. The summed E-state index contributed by atoms with van der Waals surface area (Å²) in [5.74, 6) is 0.518. The molecule has 0 aliphatic carbocycles. The Hall–Kier alpha value is -1.64. The molecule has 0 bridgehead atoms. The molecule has 0 N–H and O–H groups in total. The molecule has 0 fully saturated rings. The highest BCUT2D eigenvalue weighted by Crippen LogP contribution is 2.14. The van der Waals surface area contributed by atoms with Gasteiger partial charge in [0.25, 0.3) is 0 Å². The van der Waals surface area contributed by atoms with Crippen LogP contribution in [-0.4, -0.2) is 18.7 Å². The molecule has 3 nitrogen and oxygen atoms in total. The Kier molecular flexibility index (Phi) is 4.70. The van der Waals surface area contributed by atoms with Gasteiger partial charge < -0.3 is 9.53 Å². The molecule has 1 atom stereocenters. The van der Waals surface area contributed by atoms with Gasteiger partial charge in [0.2, 0.25) is 0 Å². The highest BCUT2D eigenvalue weighted by molar-refractivity contribution is 5.97. The van der Waals surface area contributed by atoms with Crippen LogP contribution in [0.5, 0.6) is 5.75 Å². The first-order chi connectivity index (χ1) is 7.67. The molecule has 0 saturated carbocycles. The predicted octanol–water partition coefficient (Wildman–Crippen LogP) is 2.49. The average molecular weight is 220 g/mol.